The van der Waals surface area contributed by atoms with Gasteiger partial charge in [0, 0.05) is 18.8 Å². The number of rotatable bonds is 8. The van der Waals surface area contributed by atoms with Gasteiger partial charge < -0.3 is 10.0 Å². The SMILES string of the molecule is CC(=O)N(CCc1ccccc1)C(Cc1ccccc1)c1nc(C(=O)O)cs1. The highest BCUT2D eigenvalue weighted by atomic mass is 32.1. The molecule has 3 aromatic rings. The van der Waals surface area contributed by atoms with Crippen molar-refractivity contribution in [3.63, 3.8) is 0 Å². The molecule has 1 aromatic heterocycles. The van der Waals surface area contributed by atoms with Crippen molar-refractivity contribution in [1.82, 2.24) is 9.88 Å². The van der Waals surface area contributed by atoms with Gasteiger partial charge in [0.1, 0.15) is 5.01 Å². The first-order valence-corrected chi connectivity index (χ1v) is 9.96. The van der Waals surface area contributed by atoms with Gasteiger partial charge in [-0.1, -0.05) is 60.7 Å². The first kappa shape index (κ1) is 19.8. The minimum absolute atomic E-state index is 0.0182. The van der Waals surface area contributed by atoms with Crippen LogP contribution in [0.3, 0.4) is 0 Å². The van der Waals surface area contributed by atoms with E-state index in [0.717, 1.165) is 17.5 Å². The number of carbonyl (C=O) groups is 2. The molecule has 0 bridgehead atoms. The van der Waals surface area contributed by atoms with E-state index in [9.17, 15) is 14.7 Å². The van der Waals surface area contributed by atoms with Gasteiger partial charge in [0.05, 0.1) is 6.04 Å². The van der Waals surface area contributed by atoms with Crippen molar-refractivity contribution < 1.29 is 14.7 Å². The van der Waals surface area contributed by atoms with Crippen LogP contribution in [0.5, 0.6) is 0 Å². The van der Waals surface area contributed by atoms with E-state index in [-0.39, 0.29) is 17.6 Å². The van der Waals surface area contributed by atoms with Gasteiger partial charge in [-0.25, -0.2) is 9.78 Å². The zero-order chi connectivity index (χ0) is 19.9. The van der Waals surface area contributed by atoms with Gasteiger partial charge in [0.25, 0.3) is 0 Å². The molecular weight excluding hydrogens is 372 g/mol. The molecule has 0 radical (unpaired) electrons. The summed E-state index contributed by atoms with van der Waals surface area (Å²) in [6.45, 7) is 2.09. The lowest BCUT2D eigenvalue weighted by Crippen LogP contribution is -2.36. The van der Waals surface area contributed by atoms with Crippen LogP contribution in [-0.4, -0.2) is 33.4 Å². The molecule has 0 saturated carbocycles. The van der Waals surface area contributed by atoms with Crippen LogP contribution in [-0.2, 0) is 17.6 Å². The maximum Gasteiger partial charge on any atom is 0.355 e. The normalized spacial score (nSPS) is 11.8. The minimum Gasteiger partial charge on any atom is -0.476 e. The van der Waals surface area contributed by atoms with Gasteiger partial charge >= 0.3 is 5.97 Å². The number of nitrogens with zero attached hydrogens (tertiary/aromatic N) is 2. The zero-order valence-corrected chi connectivity index (χ0v) is 16.4. The molecule has 1 unspecified atom stereocenters. The summed E-state index contributed by atoms with van der Waals surface area (Å²) in [5.74, 6) is -1.11. The Hall–Kier alpha value is -2.99. The Morgan fingerprint density at radius 3 is 2.18 bits per heavy atom. The van der Waals surface area contributed by atoms with Crippen molar-refractivity contribution >= 4 is 23.2 Å². The third kappa shape index (κ3) is 5.04. The first-order valence-electron chi connectivity index (χ1n) is 9.08. The second-order valence-corrected chi connectivity index (χ2v) is 7.42. The van der Waals surface area contributed by atoms with Crippen LogP contribution in [0.25, 0.3) is 0 Å². The maximum absolute atomic E-state index is 12.5. The molecule has 0 aliphatic heterocycles. The van der Waals surface area contributed by atoms with Crippen LogP contribution >= 0.6 is 11.3 Å². The van der Waals surface area contributed by atoms with Gasteiger partial charge in [0.15, 0.2) is 5.69 Å². The summed E-state index contributed by atoms with van der Waals surface area (Å²) >= 11 is 1.29. The second kappa shape index (κ2) is 9.28. The van der Waals surface area contributed by atoms with E-state index in [0.29, 0.717) is 18.0 Å². The molecule has 1 atom stereocenters. The molecule has 0 saturated heterocycles. The standard InChI is InChI=1S/C22H22N2O3S/c1-16(25)24(13-12-17-8-4-2-5-9-17)20(14-18-10-6-3-7-11-18)21-23-19(15-28-21)22(26)27/h2-11,15,20H,12-14H2,1H3,(H,26,27). The van der Waals surface area contributed by atoms with Gasteiger partial charge in [-0.2, -0.15) is 0 Å². The quantitative estimate of drug-likeness (QED) is 0.621. The van der Waals surface area contributed by atoms with Crippen molar-refractivity contribution in [2.45, 2.75) is 25.8 Å². The molecule has 0 spiro atoms. The van der Waals surface area contributed by atoms with Crippen LogP contribution in [0.1, 0.15) is 39.6 Å². The number of carboxylic acids is 1. The largest absolute Gasteiger partial charge is 0.476 e. The molecule has 1 heterocycles. The van der Waals surface area contributed by atoms with E-state index in [1.165, 1.54) is 16.7 Å². The molecule has 2 aromatic carbocycles. The third-order valence-electron chi connectivity index (χ3n) is 4.56. The molecule has 0 aliphatic carbocycles. The zero-order valence-electron chi connectivity index (χ0n) is 15.6. The van der Waals surface area contributed by atoms with Crippen LogP contribution in [0.2, 0.25) is 0 Å². The number of aromatic carboxylic acids is 1. The Bertz CT molecular complexity index is 925. The highest BCUT2D eigenvalue weighted by Crippen LogP contribution is 2.28. The number of amides is 1. The summed E-state index contributed by atoms with van der Waals surface area (Å²) in [6, 6.07) is 19.6. The predicted octanol–water partition coefficient (Wildman–Crippen LogP) is 4.22. The summed E-state index contributed by atoms with van der Waals surface area (Å²) < 4.78 is 0. The van der Waals surface area contributed by atoms with Crippen LogP contribution in [0.15, 0.2) is 66.0 Å². The molecule has 1 amide bonds. The van der Waals surface area contributed by atoms with E-state index >= 15 is 0 Å². The number of hydrogen-bond donors (Lipinski definition) is 1. The summed E-state index contributed by atoms with van der Waals surface area (Å²) in [6.07, 6.45) is 1.31. The molecule has 5 nitrogen and oxygen atoms in total. The molecular formula is C22H22N2O3S. The Kier molecular flexibility index (Phi) is 6.55. The minimum atomic E-state index is -1.06. The number of carbonyl (C=O) groups excluding carboxylic acids is 1. The van der Waals surface area contributed by atoms with E-state index in [4.69, 9.17) is 0 Å². The van der Waals surface area contributed by atoms with Gasteiger partial charge in [-0.3, -0.25) is 4.79 Å². The average molecular weight is 394 g/mol. The monoisotopic (exact) mass is 394 g/mol. The molecule has 3 rings (SSSR count). The van der Waals surface area contributed by atoms with Gasteiger partial charge in [-0.15, -0.1) is 11.3 Å². The van der Waals surface area contributed by atoms with Crippen molar-refractivity contribution in [2.24, 2.45) is 0 Å². The van der Waals surface area contributed by atoms with Crippen LogP contribution < -0.4 is 0 Å². The summed E-state index contributed by atoms with van der Waals surface area (Å²) in [5, 5.41) is 11.4. The first-order chi connectivity index (χ1) is 13.5. The van der Waals surface area contributed by atoms with Crippen LogP contribution in [0.4, 0.5) is 0 Å². The fourth-order valence-electron chi connectivity index (χ4n) is 3.13. The lowest BCUT2D eigenvalue weighted by atomic mass is 10.0. The Labute approximate surface area is 168 Å². The molecule has 144 valence electrons. The third-order valence-corrected chi connectivity index (χ3v) is 5.51. The fourth-order valence-corrected chi connectivity index (χ4v) is 4.04. The Balaban J connectivity index is 1.89. The fraction of sp³-hybridized carbons (Fsp3) is 0.227. The smallest absolute Gasteiger partial charge is 0.355 e. The number of benzene rings is 2. The maximum atomic E-state index is 12.5. The lowest BCUT2D eigenvalue weighted by Gasteiger charge is -2.30. The Morgan fingerprint density at radius 2 is 1.64 bits per heavy atom. The topological polar surface area (TPSA) is 70.5 Å². The van der Waals surface area contributed by atoms with Crippen molar-refractivity contribution in [2.75, 3.05) is 6.54 Å². The number of thiazole rings is 1. The van der Waals surface area contributed by atoms with Crippen molar-refractivity contribution in [1.29, 1.82) is 0 Å². The molecule has 28 heavy (non-hydrogen) atoms. The molecule has 0 aliphatic rings. The lowest BCUT2D eigenvalue weighted by molar-refractivity contribution is -0.131. The van der Waals surface area contributed by atoms with E-state index in [1.54, 1.807) is 11.8 Å². The average Bonchev–Trinajstić information content (AvgIpc) is 3.19. The predicted molar refractivity (Wildman–Crippen MR) is 109 cm³/mol. The number of aromatic nitrogens is 1. The molecule has 0 fully saturated rings. The summed E-state index contributed by atoms with van der Waals surface area (Å²) in [5.41, 5.74) is 2.24. The summed E-state index contributed by atoms with van der Waals surface area (Å²) in [4.78, 5) is 29.9. The second-order valence-electron chi connectivity index (χ2n) is 6.53. The Morgan fingerprint density at radius 1 is 1.04 bits per heavy atom. The molecule has 1 N–H and O–H groups in total. The summed E-state index contributed by atoms with van der Waals surface area (Å²) in [7, 11) is 0. The van der Waals surface area contributed by atoms with Crippen LogP contribution in [0, 0.1) is 0 Å². The highest BCUT2D eigenvalue weighted by Gasteiger charge is 2.26. The van der Waals surface area contributed by atoms with Gasteiger partial charge in [0.2, 0.25) is 5.91 Å². The van der Waals surface area contributed by atoms with Crippen molar-refractivity contribution in [3.8, 4) is 0 Å². The highest BCUT2D eigenvalue weighted by molar-refractivity contribution is 7.09. The number of hydrogen-bond acceptors (Lipinski definition) is 4. The number of carboxylic acid groups (broad SMARTS) is 1. The van der Waals surface area contributed by atoms with E-state index in [2.05, 4.69) is 4.98 Å². The van der Waals surface area contributed by atoms with E-state index < -0.39 is 5.97 Å². The van der Waals surface area contributed by atoms with E-state index in [1.807, 2.05) is 60.7 Å². The molecule has 6 heteroatoms. The van der Waals surface area contributed by atoms with Gasteiger partial charge in [-0.05, 0) is 24.0 Å². The van der Waals surface area contributed by atoms with Crippen molar-refractivity contribution in [3.05, 3.63) is 87.9 Å².